The minimum absolute atomic E-state index is 0.0575. The number of rotatable bonds is 5. The van der Waals surface area contributed by atoms with E-state index in [1.54, 1.807) is 6.07 Å². The second kappa shape index (κ2) is 6.08. The first-order valence-corrected chi connectivity index (χ1v) is 8.25. The molecule has 0 N–H and O–H groups in total. The number of benzene rings is 2. The second-order valence-electron chi connectivity index (χ2n) is 6.76. The number of carbonyl (C=O) groups excluding carboxylic acids is 1. The van der Waals surface area contributed by atoms with Crippen LogP contribution in [0.1, 0.15) is 24.0 Å². The molecule has 148 valence electrons. The number of fused-ring (bicyclic) bond motifs is 3. The zero-order chi connectivity index (χ0) is 20.3. The van der Waals surface area contributed by atoms with Crippen molar-refractivity contribution >= 4 is 6.29 Å². The van der Waals surface area contributed by atoms with Gasteiger partial charge in [-0.15, -0.1) is 0 Å². The molecule has 0 radical (unpaired) electrons. The molecular formula is C19H13F5O4. The van der Waals surface area contributed by atoms with Crippen LogP contribution in [0.15, 0.2) is 36.4 Å². The van der Waals surface area contributed by atoms with Gasteiger partial charge < -0.3 is 19.0 Å². The lowest BCUT2D eigenvalue weighted by Gasteiger charge is -2.16. The zero-order valence-corrected chi connectivity index (χ0v) is 14.3. The van der Waals surface area contributed by atoms with Crippen LogP contribution in [-0.4, -0.2) is 18.5 Å². The minimum atomic E-state index is -4.72. The molecule has 1 aliphatic heterocycles. The quantitative estimate of drug-likeness (QED) is 0.514. The Morgan fingerprint density at radius 3 is 2.54 bits per heavy atom. The molecule has 1 heterocycles. The largest absolute Gasteiger partial charge is 0.486 e. The summed E-state index contributed by atoms with van der Waals surface area (Å²) in [6, 6.07) is 6.78. The monoisotopic (exact) mass is 400 g/mol. The maximum Gasteiger partial charge on any atom is 0.416 e. The summed E-state index contributed by atoms with van der Waals surface area (Å²) in [4.78, 5) is 11.1. The van der Waals surface area contributed by atoms with E-state index in [-0.39, 0.29) is 23.3 Å². The number of carbonyl (C=O) groups is 1. The first-order chi connectivity index (χ1) is 13.1. The van der Waals surface area contributed by atoms with Crippen LogP contribution < -0.4 is 14.2 Å². The fraction of sp³-hybridized carbons (Fsp3) is 0.316. The molecule has 0 bridgehead atoms. The fourth-order valence-electron chi connectivity index (χ4n) is 3.61. The average Bonchev–Trinajstić information content (AvgIpc) is 3.06. The van der Waals surface area contributed by atoms with Crippen LogP contribution in [0.3, 0.4) is 0 Å². The van der Waals surface area contributed by atoms with Gasteiger partial charge in [-0.25, -0.2) is 0 Å². The Bertz CT molecular complexity index is 942. The van der Waals surface area contributed by atoms with Gasteiger partial charge in [0.2, 0.25) is 0 Å². The van der Waals surface area contributed by atoms with Gasteiger partial charge in [0, 0.05) is 17.5 Å². The Balaban J connectivity index is 1.61. The van der Waals surface area contributed by atoms with Crippen molar-refractivity contribution in [2.45, 2.75) is 31.2 Å². The molecule has 4 nitrogen and oxygen atoms in total. The van der Waals surface area contributed by atoms with Gasteiger partial charge in [0.05, 0.1) is 11.5 Å². The lowest BCUT2D eigenvalue weighted by atomic mass is 10.1. The van der Waals surface area contributed by atoms with Gasteiger partial charge in [-0.05, 0) is 31.2 Å². The van der Waals surface area contributed by atoms with Crippen molar-refractivity contribution in [2.75, 3.05) is 0 Å². The molecule has 9 heteroatoms. The summed E-state index contributed by atoms with van der Waals surface area (Å²) in [5.74, 6) is -0.669. The first-order valence-electron chi connectivity index (χ1n) is 8.25. The highest BCUT2D eigenvalue weighted by Gasteiger charge is 2.69. The normalized spacial score (nSPS) is 25.0. The average molecular weight is 400 g/mol. The summed E-state index contributed by atoms with van der Waals surface area (Å²) >= 11 is 0. The molecule has 1 fully saturated rings. The lowest BCUT2D eigenvalue weighted by molar-refractivity contribution is -0.138. The van der Waals surface area contributed by atoms with E-state index in [0.29, 0.717) is 17.9 Å². The molecule has 0 amide bonds. The van der Waals surface area contributed by atoms with E-state index >= 15 is 0 Å². The van der Waals surface area contributed by atoms with Crippen LogP contribution >= 0.6 is 0 Å². The van der Waals surface area contributed by atoms with Crippen molar-refractivity contribution < 1.29 is 41.0 Å². The number of hydrogen-bond donors (Lipinski definition) is 0. The zero-order valence-electron chi connectivity index (χ0n) is 14.3. The third-order valence-corrected chi connectivity index (χ3v) is 5.04. The Morgan fingerprint density at radius 1 is 1.14 bits per heavy atom. The molecule has 2 aliphatic rings. The van der Waals surface area contributed by atoms with Crippen LogP contribution in [0.2, 0.25) is 0 Å². The number of alkyl halides is 5. The third kappa shape index (κ3) is 2.94. The van der Waals surface area contributed by atoms with E-state index in [1.165, 1.54) is 12.1 Å². The summed E-state index contributed by atoms with van der Waals surface area (Å²) in [7, 11) is 0. The predicted molar refractivity (Wildman–Crippen MR) is 85.9 cm³/mol. The van der Waals surface area contributed by atoms with E-state index < -0.39 is 29.7 Å². The van der Waals surface area contributed by atoms with Crippen LogP contribution in [0.4, 0.5) is 22.0 Å². The fourth-order valence-corrected chi connectivity index (χ4v) is 3.61. The number of ether oxygens (including phenoxy) is 3. The number of halogens is 5. The summed E-state index contributed by atoms with van der Waals surface area (Å²) in [6.07, 6.45) is -3.88. The van der Waals surface area contributed by atoms with Crippen LogP contribution in [-0.2, 0) is 11.0 Å². The predicted octanol–water partition coefficient (Wildman–Crippen LogP) is 5.16. The van der Waals surface area contributed by atoms with Crippen molar-refractivity contribution in [3.05, 3.63) is 47.5 Å². The Hall–Kier alpha value is -2.84. The lowest BCUT2D eigenvalue weighted by Crippen LogP contribution is -2.14. The van der Waals surface area contributed by atoms with E-state index in [0.717, 1.165) is 17.9 Å². The van der Waals surface area contributed by atoms with Gasteiger partial charge in [-0.3, -0.25) is 0 Å². The van der Waals surface area contributed by atoms with E-state index in [4.69, 9.17) is 9.47 Å². The molecule has 0 spiro atoms. The molecule has 4 rings (SSSR count). The van der Waals surface area contributed by atoms with Crippen LogP contribution in [0.5, 0.6) is 23.0 Å². The molecular weight excluding hydrogens is 387 g/mol. The molecule has 0 aromatic heterocycles. The van der Waals surface area contributed by atoms with Crippen molar-refractivity contribution in [1.29, 1.82) is 0 Å². The van der Waals surface area contributed by atoms with E-state index in [2.05, 4.69) is 4.74 Å². The maximum absolute atomic E-state index is 12.8. The topological polar surface area (TPSA) is 44.8 Å². The highest BCUT2D eigenvalue weighted by Crippen LogP contribution is 2.65. The standard InChI is InChI=1S/C19H13F5O4/c1-18-12(8-25)16(18)11-4-3-10(7-14(11)28-18)26-13-5-2-9(19(22,23)24)6-15(13)27-17(20)21/h2-8,12,16-17H,1H3/t12-,16?,18+/m1/s1. The number of aldehydes is 1. The van der Waals surface area contributed by atoms with Gasteiger partial charge >= 0.3 is 12.8 Å². The van der Waals surface area contributed by atoms with Gasteiger partial charge in [0.1, 0.15) is 23.4 Å². The van der Waals surface area contributed by atoms with Crippen molar-refractivity contribution in [3.63, 3.8) is 0 Å². The number of hydrogen-bond acceptors (Lipinski definition) is 4. The molecule has 1 unspecified atom stereocenters. The van der Waals surface area contributed by atoms with Crippen molar-refractivity contribution in [2.24, 2.45) is 5.92 Å². The van der Waals surface area contributed by atoms with Crippen molar-refractivity contribution in [1.82, 2.24) is 0 Å². The van der Waals surface area contributed by atoms with Gasteiger partial charge in [0.15, 0.2) is 11.5 Å². The van der Waals surface area contributed by atoms with Gasteiger partial charge in [0.25, 0.3) is 0 Å². The summed E-state index contributed by atoms with van der Waals surface area (Å²) in [5, 5.41) is 0. The highest BCUT2D eigenvalue weighted by molar-refractivity contribution is 5.71. The SMILES string of the molecule is C[C@@]12Oc3cc(Oc4ccc(C(F)(F)F)cc4OC(F)F)ccc3C1[C@H]2C=O. The van der Waals surface area contributed by atoms with Crippen LogP contribution in [0, 0.1) is 5.92 Å². The Labute approximate surface area is 155 Å². The molecule has 0 saturated heterocycles. The smallest absolute Gasteiger partial charge is 0.416 e. The van der Waals surface area contributed by atoms with Crippen molar-refractivity contribution in [3.8, 4) is 23.0 Å². The Morgan fingerprint density at radius 2 is 1.89 bits per heavy atom. The highest BCUT2D eigenvalue weighted by atomic mass is 19.4. The third-order valence-electron chi connectivity index (χ3n) is 5.04. The molecule has 2 aromatic carbocycles. The second-order valence-corrected chi connectivity index (χ2v) is 6.76. The first kappa shape index (κ1) is 18.5. The molecule has 1 saturated carbocycles. The van der Waals surface area contributed by atoms with Gasteiger partial charge in [-0.1, -0.05) is 6.07 Å². The molecule has 28 heavy (non-hydrogen) atoms. The molecule has 3 atom stereocenters. The molecule has 2 aromatic rings. The molecule has 1 aliphatic carbocycles. The van der Waals surface area contributed by atoms with E-state index in [1.807, 2.05) is 6.92 Å². The maximum atomic E-state index is 12.8. The van der Waals surface area contributed by atoms with E-state index in [9.17, 15) is 26.7 Å². The summed E-state index contributed by atoms with van der Waals surface area (Å²) in [6.45, 7) is -1.51. The summed E-state index contributed by atoms with van der Waals surface area (Å²) < 4.78 is 79.1. The summed E-state index contributed by atoms with van der Waals surface area (Å²) in [5.41, 5.74) is -0.926. The minimum Gasteiger partial charge on any atom is -0.486 e. The Kier molecular flexibility index (Phi) is 4.02. The van der Waals surface area contributed by atoms with Gasteiger partial charge in [-0.2, -0.15) is 22.0 Å². The van der Waals surface area contributed by atoms with Crippen LogP contribution in [0.25, 0.3) is 0 Å².